The third kappa shape index (κ3) is 4.01. The zero-order chi connectivity index (χ0) is 14.3. The van der Waals surface area contributed by atoms with Crippen molar-refractivity contribution in [2.45, 2.75) is 18.9 Å². The first kappa shape index (κ1) is 15.6. The van der Waals surface area contributed by atoms with Gasteiger partial charge in [-0.25, -0.2) is 0 Å². The first-order chi connectivity index (χ1) is 9.17. The lowest BCUT2D eigenvalue weighted by Crippen LogP contribution is -2.15. The first-order valence-corrected chi connectivity index (χ1v) is 6.38. The smallest absolute Gasteiger partial charge is 0.164 e. The molecule has 0 heterocycles. The first-order valence-electron chi connectivity index (χ1n) is 6.38. The Morgan fingerprint density at radius 3 is 2.16 bits per heavy atom. The fourth-order valence-corrected chi connectivity index (χ4v) is 2.00. The second kappa shape index (κ2) is 7.86. The van der Waals surface area contributed by atoms with Crippen molar-refractivity contribution >= 4 is 0 Å². The second-order valence-electron chi connectivity index (χ2n) is 4.30. The van der Waals surface area contributed by atoms with Gasteiger partial charge in [-0.05, 0) is 32.5 Å². The van der Waals surface area contributed by atoms with Crippen molar-refractivity contribution in [1.82, 2.24) is 5.32 Å². The van der Waals surface area contributed by atoms with Crippen molar-refractivity contribution < 1.29 is 14.2 Å². The zero-order valence-electron chi connectivity index (χ0n) is 12.2. The van der Waals surface area contributed by atoms with Gasteiger partial charge in [0.05, 0.1) is 21.3 Å². The number of nitrogens with one attached hydrogen (secondary N) is 1. The monoisotopic (exact) mass is 268 g/mol. The van der Waals surface area contributed by atoms with Crippen LogP contribution in [0.15, 0.2) is 12.1 Å². The molecule has 1 aromatic carbocycles. The lowest BCUT2D eigenvalue weighted by Gasteiger charge is -2.18. The predicted molar refractivity (Wildman–Crippen MR) is 76.2 cm³/mol. The Hall–Kier alpha value is -1.46. The lowest BCUT2D eigenvalue weighted by molar-refractivity contribution is 0.346. The maximum atomic E-state index is 6.22. The van der Waals surface area contributed by atoms with Gasteiger partial charge in [0.1, 0.15) is 5.75 Å². The minimum absolute atomic E-state index is 0.0805. The van der Waals surface area contributed by atoms with Crippen molar-refractivity contribution in [3.8, 4) is 17.2 Å². The molecule has 0 aliphatic carbocycles. The van der Waals surface area contributed by atoms with Gasteiger partial charge in [-0.1, -0.05) is 0 Å². The summed E-state index contributed by atoms with van der Waals surface area (Å²) in [5, 5.41) is 3.11. The summed E-state index contributed by atoms with van der Waals surface area (Å²) in [6, 6.07) is 3.62. The molecule has 1 atom stereocenters. The van der Waals surface area contributed by atoms with Crippen LogP contribution in [-0.4, -0.2) is 34.9 Å². The molecule has 0 aliphatic heterocycles. The summed E-state index contributed by atoms with van der Waals surface area (Å²) < 4.78 is 15.9. The molecule has 1 unspecified atom stereocenters. The van der Waals surface area contributed by atoms with E-state index in [-0.39, 0.29) is 6.04 Å². The number of methoxy groups -OCH3 is 3. The van der Waals surface area contributed by atoms with E-state index in [0.29, 0.717) is 11.5 Å². The van der Waals surface area contributed by atoms with Gasteiger partial charge in [-0.3, -0.25) is 0 Å². The largest absolute Gasteiger partial charge is 0.496 e. The summed E-state index contributed by atoms with van der Waals surface area (Å²) in [5.74, 6) is 2.04. The Labute approximate surface area is 115 Å². The molecule has 3 N–H and O–H groups in total. The summed E-state index contributed by atoms with van der Waals surface area (Å²) in [6.45, 7) is 0.948. The maximum Gasteiger partial charge on any atom is 0.164 e. The summed E-state index contributed by atoms with van der Waals surface area (Å²) in [5.41, 5.74) is 7.16. The van der Waals surface area contributed by atoms with E-state index < -0.39 is 0 Å². The highest BCUT2D eigenvalue weighted by Crippen LogP contribution is 2.37. The number of benzene rings is 1. The molecule has 5 heteroatoms. The molecule has 0 spiro atoms. The number of ether oxygens (including phenoxy) is 3. The fourth-order valence-electron chi connectivity index (χ4n) is 2.00. The summed E-state index contributed by atoms with van der Waals surface area (Å²) in [7, 11) is 6.78. The van der Waals surface area contributed by atoms with Crippen LogP contribution in [0.25, 0.3) is 0 Å². The molecule has 0 saturated carbocycles. The van der Waals surface area contributed by atoms with Crippen LogP contribution in [0.1, 0.15) is 24.4 Å². The molecule has 0 fully saturated rings. The van der Waals surface area contributed by atoms with Gasteiger partial charge in [-0.15, -0.1) is 0 Å². The standard InChI is InChI=1S/C14H24N2O3/c1-16-7-5-6-11(15)10-8-13(18-3)14(19-4)9-12(10)17-2/h8-9,11,16H,5-7,15H2,1-4H3. The maximum absolute atomic E-state index is 6.22. The van der Waals surface area contributed by atoms with E-state index in [1.807, 2.05) is 19.2 Å². The van der Waals surface area contributed by atoms with Crippen molar-refractivity contribution in [1.29, 1.82) is 0 Å². The molecular weight excluding hydrogens is 244 g/mol. The summed E-state index contributed by atoms with van der Waals surface area (Å²) in [6.07, 6.45) is 1.89. The van der Waals surface area contributed by atoms with Crippen LogP contribution in [0.4, 0.5) is 0 Å². The van der Waals surface area contributed by atoms with Crippen molar-refractivity contribution in [3.63, 3.8) is 0 Å². The Morgan fingerprint density at radius 2 is 1.63 bits per heavy atom. The normalized spacial score (nSPS) is 12.1. The quantitative estimate of drug-likeness (QED) is 0.703. The molecule has 0 aromatic heterocycles. The van der Waals surface area contributed by atoms with Gasteiger partial charge in [0, 0.05) is 17.7 Å². The molecule has 108 valence electrons. The van der Waals surface area contributed by atoms with Gasteiger partial charge in [0.25, 0.3) is 0 Å². The highest BCUT2D eigenvalue weighted by molar-refractivity contribution is 5.51. The fraction of sp³-hybridized carbons (Fsp3) is 0.571. The Bertz CT molecular complexity index is 397. The van der Waals surface area contributed by atoms with Crippen LogP contribution in [-0.2, 0) is 0 Å². The minimum Gasteiger partial charge on any atom is -0.496 e. The molecular formula is C14H24N2O3. The SMILES string of the molecule is CNCCCC(N)c1cc(OC)c(OC)cc1OC. The van der Waals surface area contributed by atoms with Gasteiger partial charge in [0.15, 0.2) is 11.5 Å². The van der Waals surface area contributed by atoms with E-state index in [1.54, 1.807) is 21.3 Å². The number of rotatable bonds is 8. The predicted octanol–water partition coefficient (Wildman–Crippen LogP) is 1.71. The Kier molecular flexibility index (Phi) is 6.45. The highest BCUT2D eigenvalue weighted by Gasteiger charge is 2.16. The average Bonchev–Trinajstić information content (AvgIpc) is 2.45. The van der Waals surface area contributed by atoms with Crippen LogP contribution < -0.4 is 25.3 Å². The molecule has 0 bridgehead atoms. The second-order valence-corrected chi connectivity index (χ2v) is 4.30. The van der Waals surface area contributed by atoms with E-state index in [9.17, 15) is 0 Å². The highest BCUT2D eigenvalue weighted by atomic mass is 16.5. The van der Waals surface area contributed by atoms with Gasteiger partial charge in [0.2, 0.25) is 0 Å². The van der Waals surface area contributed by atoms with Crippen LogP contribution in [0.5, 0.6) is 17.2 Å². The van der Waals surface area contributed by atoms with Crippen molar-refractivity contribution in [2.75, 3.05) is 34.9 Å². The molecule has 0 radical (unpaired) electrons. The molecule has 0 saturated heterocycles. The van der Waals surface area contributed by atoms with E-state index in [2.05, 4.69) is 5.32 Å². The third-order valence-corrected chi connectivity index (χ3v) is 3.08. The van der Waals surface area contributed by atoms with Gasteiger partial charge >= 0.3 is 0 Å². The zero-order valence-corrected chi connectivity index (χ0v) is 12.2. The lowest BCUT2D eigenvalue weighted by atomic mass is 10.0. The van der Waals surface area contributed by atoms with Crippen molar-refractivity contribution in [3.05, 3.63) is 17.7 Å². The molecule has 0 amide bonds. The molecule has 1 aromatic rings. The van der Waals surface area contributed by atoms with Crippen LogP contribution in [0.2, 0.25) is 0 Å². The van der Waals surface area contributed by atoms with Crippen molar-refractivity contribution in [2.24, 2.45) is 5.73 Å². The average molecular weight is 268 g/mol. The molecule has 0 aliphatic rings. The summed E-state index contributed by atoms with van der Waals surface area (Å²) in [4.78, 5) is 0. The number of nitrogens with two attached hydrogens (primary N) is 1. The van der Waals surface area contributed by atoms with E-state index in [0.717, 1.165) is 30.7 Å². The van der Waals surface area contributed by atoms with E-state index in [1.165, 1.54) is 0 Å². The van der Waals surface area contributed by atoms with Crippen LogP contribution in [0.3, 0.4) is 0 Å². The minimum atomic E-state index is -0.0805. The Balaban J connectivity index is 2.97. The Morgan fingerprint density at radius 1 is 1.05 bits per heavy atom. The number of hydrogen-bond donors (Lipinski definition) is 2. The van der Waals surface area contributed by atoms with Crippen LogP contribution >= 0.6 is 0 Å². The van der Waals surface area contributed by atoms with E-state index >= 15 is 0 Å². The summed E-state index contributed by atoms with van der Waals surface area (Å²) >= 11 is 0. The molecule has 1 rings (SSSR count). The number of hydrogen-bond acceptors (Lipinski definition) is 5. The molecule has 19 heavy (non-hydrogen) atoms. The molecule has 5 nitrogen and oxygen atoms in total. The van der Waals surface area contributed by atoms with Gasteiger partial charge < -0.3 is 25.3 Å². The van der Waals surface area contributed by atoms with E-state index in [4.69, 9.17) is 19.9 Å². The van der Waals surface area contributed by atoms with Crippen LogP contribution in [0, 0.1) is 0 Å². The topological polar surface area (TPSA) is 65.7 Å². The third-order valence-electron chi connectivity index (χ3n) is 3.08. The van der Waals surface area contributed by atoms with Gasteiger partial charge in [-0.2, -0.15) is 0 Å².